The summed E-state index contributed by atoms with van der Waals surface area (Å²) in [4.78, 5) is 11.4. The molecule has 3 nitrogen and oxygen atoms in total. The molecular weight excluding hydrogens is 237 g/mol. The topological polar surface area (TPSA) is 38.3 Å². The van der Waals surface area contributed by atoms with Crippen LogP contribution in [-0.4, -0.2) is 20.1 Å². The third-order valence-corrected chi connectivity index (χ3v) is 2.74. The van der Waals surface area contributed by atoms with Crippen LogP contribution in [0.25, 0.3) is 0 Å². The van der Waals surface area contributed by atoms with E-state index in [1.165, 1.54) is 7.11 Å². The maximum Gasteiger partial charge on any atom is 0.327 e. The number of rotatable bonds is 3. The van der Waals surface area contributed by atoms with Gasteiger partial charge in [0.25, 0.3) is 0 Å². The lowest BCUT2D eigenvalue weighted by molar-refractivity contribution is -0.143. The summed E-state index contributed by atoms with van der Waals surface area (Å²) in [6.45, 7) is 0. The fourth-order valence-electron chi connectivity index (χ4n) is 1.23. The van der Waals surface area contributed by atoms with E-state index in [9.17, 15) is 4.79 Å². The molecule has 0 aliphatic carbocycles. The van der Waals surface area contributed by atoms with Gasteiger partial charge in [0.2, 0.25) is 0 Å². The molecule has 82 valence electrons. The molecule has 0 aromatic heterocycles. The number of esters is 1. The fourth-order valence-corrected chi connectivity index (χ4v) is 1.54. The van der Waals surface area contributed by atoms with E-state index >= 15 is 0 Å². The monoisotopic (exact) mass is 247 g/mol. The van der Waals surface area contributed by atoms with Crippen LogP contribution in [0.2, 0.25) is 10.0 Å². The Kier molecular flexibility index (Phi) is 4.39. The van der Waals surface area contributed by atoms with Gasteiger partial charge in [-0.15, -0.1) is 0 Å². The van der Waals surface area contributed by atoms with E-state index in [4.69, 9.17) is 23.2 Å². The summed E-state index contributed by atoms with van der Waals surface area (Å²) in [7, 11) is 3.01. The van der Waals surface area contributed by atoms with E-state index < -0.39 is 6.04 Å². The highest BCUT2D eigenvalue weighted by molar-refractivity contribution is 6.42. The van der Waals surface area contributed by atoms with Crippen molar-refractivity contribution >= 4 is 29.2 Å². The first kappa shape index (κ1) is 12.3. The second kappa shape index (κ2) is 5.35. The number of carbonyl (C=O) groups excluding carboxylic acids is 1. The Morgan fingerprint density at radius 2 is 2.07 bits per heavy atom. The molecule has 0 saturated carbocycles. The number of hydrogen-bond acceptors (Lipinski definition) is 3. The van der Waals surface area contributed by atoms with Crippen molar-refractivity contribution < 1.29 is 9.53 Å². The van der Waals surface area contributed by atoms with Crippen molar-refractivity contribution in [2.75, 3.05) is 14.2 Å². The molecule has 0 saturated heterocycles. The second-order valence-electron chi connectivity index (χ2n) is 2.92. The second-order valence-corrected chi connectivity index (χ2v) is 3.73. The van der Waals surface area contributed by atoms with Gasteiger partial charge in [-0.25, -0.2) is 4.79 Å². The Morgan fingerprint density at radius 3 is 2.53 bits per heavy atom. The summed E-state index contributed by atoms with van der Waals surface area (Å²) in [6, 6.07) is 4.49. The van der Waals surface area contributed by atoms with Gasteiger partial charge < -0.3 is 10.1 Å². The third kappa shape index (κ3) is 2.84. The number of benzene rings is 1. The molecule has 1 rings (SSSR count). The van der Waals surface area contributed by atoms with Gasteiger partial charge >= 0.3 is 5.97 Å². The molecule has 0 fully saturated rings. The summed E-state index contributed by atoms with van der Waals surface area (Å²) in [5, 5.41) is 3.71. The zero-order valence-corrected chi connectivity index (χ0v) is 9.89. The normalized spacial score (nSPS) is 12.3. The standard InChI is InChI=1S/C10H11Cl2NO2/c1-13-9(10(14)15-2)6-3-4-7(11)8(12)5-6/h3-5,9,13H,1-2H3. The van der Waals surface area contributed by atoms with Crippen molar-refractivity contribution in [2.24, 2.45) is 0 Å². The maximum absolute atomic E-state index is 11.4. The predicted octanol–water partition coefficient (Wildman–Crippen LogP) is 2.43. The van der Waals surface area contributed by atoms with E-state index in [2.05, 4.69) is 10.1 Å². The maximum atomic E-state index is 11.4. The smallest absolute Gasteiger partial charge is 0.327 e. The van der Waals surface area contributed by atoms with E-state index in [1.807, 2.05) is 0 Å². The Bertz CT molecular complexity index is 368. The van der Waals surface area contributed by atoms with E-state index in [1.54, 1.807) is 25.2 Å². The minimum absolute atomic E-state index is 0.365. The molecule has 0 spiro atoms. The van der Waals surface area contributed by atoms with Gasteiger partial charge in [0.05, 0.1) is 17.2 Å². The van der Waals surface area contributed by atoms with Crippen molar-refractivity contribution in [3.63, 3.8) is 0 Å². The molecule has 15 heavy (non-hydrogen) atoms. The van der Waals surface area contributed by atoms with E-state index in [-0.39, 0.29) is 5.97 Å². The Labute approximate surface area is 98.3 Å². The summed E-state index contributed by atoms with van der Waals surface area (Å²) >= 11 is 11.6. The zero-order valence-electron chi connectivity index (χ0n) is 8.38. The average molecular weight is 248 g/mol. The van der Waals surface area contributed by atoms with Crippen LogP contribution in [0.5, 0.6) is 0 Å². The first-order valence-corrected chi connectivity index (χ1v) is 5.05. The Morgan fingerprint density at radius 1 is 1.40 bits per heavy atom. The van der Waals surface area contributed by atoms with Crippen molar-refractivity contribution in [1.82, 2.24) is 5.32 Å². The summed E-state index contributed by atoms with van der Waals surface area (Å²) in [5.74, 6) is -0.365. The molecular formula is C10H11Cl2NO2. The minimum atomic E-state index is -0.523. The molecule has 0 amide bonds. The minimum Gasteiger partial charge on any atom is -0.468 e. The first-order valence-electron chi connectivity index (χ1n) is 4.30. The fraction of sp³-hybridized carbons (Fsp3) is 0.300. The summed E-state index contributed by atoms with van der Waals surface area (Å²) in [6.07, 6.45) is 0. The van der Waals surface area contributed by atoms with Gasteiger partial charge in [-0.3, -0.25) is 0 Å². The van der Waals surface area contributed by atoms with Gasteiger partial charge in [-0.1, -0.05) is 29.3 Å². The van der Waals surface area contributed by atoms with E-state index in [0.717, 1.165) is 5.56 Å². The van der Waals surface area contributed by atoms with E-state index in [0.29, 0.717) is 10.0 Å². The number of ether oxygens (including phenoxy) is 1. The van der Waals surface area contributed by atoms with Crippen LogP contribution >= 0.6 is 23.2 Å². The van der Waals surface area contributed by atoms with Crippen molar-refractivity contribution in [3.8, 4) is 0 Å². The van der Waals surface area contributed by atoms with Gasteiger partial charge in [0, 0.05) is 0 Å². The molecule has 0 heterocycles. The van der Waals surface area contributed by atoms with Crippen LogP contribution in [0.3, 0.4) is 0 Å². The van der Waals surface area contributed by atoms with Crippen LogP contribution in [-0.2, 0) is 9.53 Å². The predicted molar refractivity (Wildman–Crippen MR) is 60.3 cm³/mol. The highest BCUT2D eigenvalue weighted by atomic mass is 35.5. The Balaban J connectivity index is 3.02. The summed E-state index contributed by atoms with van der Waals surface area (Å²) < 4.78 is 4.65. The SMILES string of the molecule is CNC(C(=O)OC)c1ccc(Cl)c(Cl)c1. The number of halogens is 2. The first-order chi connectivity index (χ1) is 7.10. The van der Waals surface area contributed by atoms with Crippen LogP contribution in [0.4, 0.5) is 0 Å². The van der Waals surface area contributed by atoms with Crippen molar-refractivity contribution in [2.45, 2.75) is 6.04 Å². The number of carbonyl (C=O) groups is 1. The largest absolute Gasteiger partial charge is 0.468 e. The molecule has 1 atom stereocenters. The van der Waals surface area contributed by atoms with Crippen LogP contribution in [0.15, 0.2) is 18.2 Å². The van der Waals surface area contributed by atoms with Gasteiger partial charge in [-0.2, -0.15) is 0 Å². The van der Waals surface area contributed by atoms with Crippen LogP contribution < -0.4 is 5.32 Å². The lowest BCUT2D eigenvalue weighted by Crippen LogP contribution is -2.26. The number of likely N-dealkylation sites (N-methyl/N-ethyl adjacent to an activating group) is 1. The van der Waals surface area contributed by atoms with Crippen molar-refractivity contribution in [3.05, 3.63) is 33.8 Å². The molecule has 1 unspecified atom stereocenters. The van der Waals surface area contributed by atoms with Crippen LogP contribution in [0, 0.1) is 0 Å². The Hall–Kier alpha value is -0.770. The molecule has 1 aromatic carbocycles. The molecule has 5 heteroatoms. The molecule has 1 aromatic rings. The number of hydrogen-bond donors (Lipinski definition) is 1. The van der Waals surface area contributed by atoms with Gasteiger partial charge in [-0.05, 0) is 24.7 Å². The number of methoxy groups -OCH3 is 1. The number of nitrogens with one attached hydrogen (secondary N) is 1. The zero-order chi connectivity index (χ0) is 11.4. The molecule has 0 aliphatic heterocycles. The average Bonchev–Trinajstić information content (AvgIpc) is 2.24. The van der Waals surface area contributed by atoms with Gasteiger partial charge in [0.1, 0.15) is 6.04 Å². The van der Waals surface area contributed by atoms with Gasteiger partial charge in [0.15, 0.2) is 0 Å². The highest BCUT2D eigenvalue weighted by Crippen LogP contribution is 2.25. The lowest BCUT2D eigenvalue weighted by atomic mass is 10.1. The summed E-state index contributed by atoms with van der Waals surface area (Å²) in [5.41, 5.74) is 0.721. The van der Waals surface area contributed by atoms with Crippen LogP contribution in [0.1, 0.15) is 11.6 Å². The molecule has 0 aliphatic rings. The molecule has 0 radical (unpaired) electrons. The quantitative estimate of drug-likeness (QED) is 0.835. The third-order valence-electron chi connectivity index (χ3n) is 2.00. The highest BCUT2D eigenvalue weighted by Gasteiger charge is 2.19. The lowest BCUT2D eigenvalue weighted by Gasteiger charge is -2.14. The molecule has 1 N–H and O–H groups in total. The molecule has 0 bridgehead atoms. The van der Waals surface area contributed by atoms with Crippen molar-refractivity contribution in [1.29, 1.82) is 0 Å².